The first kappa shape index (κ1) is 14.4. The monoisotopic (exact) mass is 317 g/mol. The van der Waals surface area contributed by atoms with Crippen LogP contribution in [0.25, 0.3) is 11.2 Å². The van der Waals surface area contributed by atoms with Crippen molar-refractivity contribution in [1.29, 1.82) is 0 Å². The molecular formula is C14H12ClN5O2. The van der Waals surface area contributed by atoms with Gasteiger partial charge in [-0.15, -0.1) is 0 Å². The van der Waals surface area contributed by atoms with E-state index in [0.717, 1.165) is 17.5 Å². The van der Waals surface area contributed by atoms with Crippen LogP contribution in [0.1, 0.15) is 21.6 Å². The molecule has 0 bridgehead atoms. The number of aromatic nitrogens is 5. The van der Waals surface area contributed by atoms with Gasteiger partial charge in [-0.05, 0) is 6.92 Å². The Morgan fingerprint density at radius 2 is 2.18 bits per heavy atom. The highest BCUT2D eigenvalue weighted by atomic mass is 35.5. The van der Waals surface area contributed by atoms with Crippen LogP contribution in [0.5, 0.6) is 5.88 Å². The van der Waals surface area contributed by atoms with Gasteiger partial charge in [0.1, 0.15) is 17.0 Å². The molecule has 0 aliphatic heterocycles. The number of methoxy groups -OCH3 is 1. The highest BCUT2D eigenvalue weighted by molar-refractivity contribution is 6.29. The first-order chi connectivity index (χ1) is 10.6. The van der Waals surface area contributed by atoms with Gasteiger partial charge in [0.15, 0.2) is 11.9 Å². The van der Waals surface area contributed by atoms with Gasteiger partial charge in [-0.25, -0.2) is 19.9 Å². The summed E-state index contributed by atoms with van der Waals surface area (Å²) in [6.45, 7) is 2.28. The van der Waals surface area contributed by atoms with E-state index in [4.69, 9.17) is 16.3 Å². The topological polar surface area (TPSA) is 82.8 Å². The molecule has 7 nitrogen and oxygen atoms in total. The van der Waals surface area contributed by atoms with Crippen LogP contribution >= 0.6 is 11.6 Å². The van der Waals surface area contributed by atoms with Gasteiger partial charge in [-0.2, -0.15) is 0 Å². The third kappa shape index (κ3) is 2.39. The van der Waals surface area contributed by atoms with Gasteiger partial charge in [0, 0.05) is 11.8 Å². The maximum absolute atomic E-state index is 11.2. The number of carbonyl (C=O) groups is 1. The van der Waals surface area contributed by atoms with E-state index >= 15 is 0 Å². The van der Waals surface area contributed by atoms with Crippen molar-refractivity contribution >= 4 is 29.1 Å². The number of fused-ring (bicyclic) bond motifs is 1. The Kier molecular flexibility index (Phi) is 3.72. The number of rotatable bonds is 4. The number of halogens is 1. The molecule has 0 saturated carbocycles. The largest absolute Gasteiger partial charge is 0.481 e. The van der Waals surface area contributed by atoms with Crippen molar-refractivity contribution in [2.45, 2.75) is 13.5 Å². The van der Waals surface area contributed by atoms with Crippen molar-refractivity contribution in [3.63, 3.8) is 0 Å². The lowest BCUT2D eigenvalue weighted by molar-refractivity contribution is 0.112. The number of hydrogen-bond acceptors (Lipinski definition) is 6. The number of hydrogen-bond donors (Lipinski definition) is 0. The maximum Gasteiger partial charge on any atom is 0.219 e. The molecule has 0 atom stereocenters. The van der Waals surface area contributed by atoms with Crippen molar-refractivity contribution in [1.82, 2.24) is 24.5 Å². The van der Waals surface area contributed by atoms with Crippen molar-refractivity contribution in [2.24, 2.45) is 0 Å². The summed E-state index contributed by atoms with van der Waals surface area (Å²) < 4.78 is 6.98. The van der Waals surface area contributed by atoms with Crippen molar-refractivity contribution in [2.75, 3.05) is 7.11 Å². The van der Waals surface area contributed by atoms with Crippen molar-refractivity contribution < 1.29 is 9.53 Å². The zero-order chi connectivity index (χ0) is 15.7. The van der Waals surface area contributed by atoms with Gasteiger partial charge < -0.3 is 9.30 Å². The lowest BCUT2D eigenvalue weighted by atomic mass is 10.2. The van der Waals surface area contributed by atoms with Crippen LogP contribution in [0.2, 0.25) is 5.15 Å². The number of carbonyl (C=O) groups excluding carboxylic acids is 1. The van der Waals surface area contributed by atoms with Gasteiger partial charge in [0.25, 0.3) is 0 Å². The quantitative estimate of drug-likeness (QED) is 0.685. The first-order valence-corrected chi connectivity index (χ1v) is 6.83. The molecule has 8 heteroatoms. The van der Waals surface area contributed by atoms with E-state index < -0.39 is 0 Å². The predicted molar refractivity (Wildman–Crippen MR) is 80.3 cm³/mol. The van der Waals surface area contributed by atoms with Crippen LogP contribution in [0, 0.1) is 6.92 Å². The lowest BCUT2D eigenvalue weighted by Crippen LogP contribution is -2.06. The average Bonchev–Trinajstić information content (AvgIpc) is 2.86. The molecule has 3 aromatic heterocycles. The molecule has 3 rings (SSSR count). The standard InChI is InChI=1S/C14H12ClN5O2/c1-8-10(17-7-18-14(8)22-2)5-20-4-9(6-21)12-13(20)19-11(15)3-16-12/h3-4,6-7H,5H2,1-2H3. The van der Waals surface area contributed by atoms with Gasteiger partial charge in [0.2, 0.25) is 5.88 Å². The Balaban J connectivity index is 2.11. The summed E-state index contributed by atoms with van der Waals surface area (Å²) in [4.78, 5) is 27.9. The predicted octanol–water partition coefficient (Wildman–Crippen LogP) is 2.05. The summed E-state index contributed by atoms with van der Waals surface area (Å²) >= 11 is 5.90. The van der Waals surface area contributed by atoms with E-state index in [1.807, 2.05) is 6.92 Å². The molecule has 0 unspecified atom stereocenters. The molecule has 0 aliphatic carbocycles. The molecule has 0 aromatic carbocycles. The summed E-state index contributed by atoms with van der Waals surface area (Å²) in [6, 6.07) is 0. The lowest BCUT2D eigenvalue weighted by Gasteiger charge is -2.09. The Bertz CT molecular complexity index is 862. The molecule has 0 aliphatic rings. The fourth-order valence-electron chi connectivity index (χ4n) is 2.25. The maximum atomic E-state index is 11.2. The van der Waals surface area contributed by atoms with E-state index in [-0.39, 0.29) is 5.15 Å². The number of ether oxygens (including phenoxy) is 1. The Hall–Kier alpha value is -2.54. The van der Waals surface area contributed by atoms with E-state index in [2.05, 4.69) is 19.9 Å². The molecule has 0 saturated heterocycles. The fourth-order valence-corrected chi connectivity index (χ4v) is 2.38. The summed E-state index contributed by atoms with van der Waals surface area (Å²) in [5, 5.41) is 0.265. The fraction of sp³-hybridized carbons (Fsp3) is 0.214. The summed E-state index contributed by atoms with van der Waals surface area (Å²) in [7, 11) is 1.56. The smallest absolute Gasteiger partial charge is 0.219 e. The van der Waals surface area contributed by atoms with Crippen LogP contribution in [0.4, 0.5) is 0 Å². The molecule has 22 heavy (non-hydrogen) atoms. The average molecular weight is 318 g/mol. The minimum absolute atomic E-state index is 0.265. The van der Waals surface area contributed by atoms with E-state index in [1.165, 1.54) is 12.5 Å². The van der Waals surface area contributed by atoms with Crippen molar-refractivity contribution in [3.05, 3.63) is 40.7 Å². The summed E-state index contributed by atoms with van der Waals surface area (Å²) in [5.41, 5.74) is 3.10. The van der Waals surface area contributed by atoms with E-state index in [0.29, 0.717) is 29.2 Å². The third-order valence-electron chi connectivity index (χ3n) is 3.35. The Morgan fingerprint density at radius 3 is 2.91 bits per heavy atom. The van der Waals surface area contributed by atoms with Crippen LogP contribution in [0.3, 0.4) is 0 Å². The third-order valence-corrected chi connectivity index (χ3v) is 3.53. The molecule has 0 radical (unpaired) electrons. The number of nitrogens with zero attached hydrogens (tertiary/aromatic N) is 5. The van der Waals surface area contributed by atoms with Gasteiger partial charge in [0.05, 0.1) is 31.1 Å². The van der Waals surface area contributed by atoms with Gasteiger partial charge in [-0.1, -0.05) is 11.6 Å². The first-order valence-electron chi connectivity index (χ1n) is 6.45. The SMILES string of the molecule is COc1ncnc(Cn2cc(C=O)c3ncc(Cl)nc32)c1C. The Labute approximate surface area is 131 Å². The van der Waals surface area contributed by atoms with Crippen LogP contribution in [0.15, 0.2) is 18.7 Å². The van der Waals surface area contributed by atoms with Gasteiger partial charge >= 0.3 is 0 Å². The highest BCUT2D eigenvalue weighted by Crippen LogP contribution is 2.21. The Morgan fingerprint density at radius 1 is 1.36 bits per heavy atom. The second-order valence-electron chi connectivity index (χ2n) is 4.65. The minimum Gasteiger partial charge on any atom is -0.481 e. The van der Waals surface area contributed by atoms with Gasteiger partial charge in [-0.3, -0.25) is 4.79 Å². The molecular weight excluding hydrogens is 306 g/mol. The molecule has 0 fully saturated rings. The molecule has 3 aromatic rings. The highest BCUT2D eigenvalue weighted by Gasteiger charge is 2.14. The molecule has 0 spiro atoms. The zero-order valence-corrected chi connectivity index (χ0v) is 12.7. The molecule has 112 valence electrons. The molecule has 0 amide bonds. The molecule has 0 N–H and O–H groups in total. The van der Waals surface area contributed by atoms with Crippen LogP contribution in [-0.2, 0) is 6.54 Å². The summed E-state index contributed by atoms with van der Waals surface area (Å²) in [5.74, 6) is 0.515. The second kappa shape index (κ2) is 5.69. The zero-order valence-electron chi connectivity index (χ0n) is 11.9. The number of aldehydes is 1. The minimum atomic E-state index is 0.265. The second-order valence-corrected chi connectivity index (χ2v) is 5.04. The van der Waals surface area contributed by atoms with Crippen LogP contribution in [-0.4, -0.2) is 37.9 Å². The van der Waals surface area contributed by atoms with Crippen LogP contribution < -0.4 is 4.74 Å². The van der Waals surface area contributed by atoms with Crippen molar-refractivity contribution in [3.8, 4) is 5.88 Å². The summed E-state index contributed by atoms with van der Waals surface area (Å²) in [6.07, 6.45) is 5.28. The van der Waals surface area contributed by atoms with E-state index in [9.17, 15) is 4.79 Å². The normalized spacial score (nSPS) is 10.9. The molecule has 3 heterocycles. The van der Waals surface area contributed by atoms with E-state index in [1.54, 1.807) is 17.9 Å².